The monoisotopic (exact) mass is 248 g/mol. The van der Waals surface area contributed by atoms with Crippen LogP contribution < -0.4 is 11.3 Å². The van der Waals surface area contributed by atoms with Crippen LogP contribution in [0.25, 0.3) is 0 Å². The van der Waals surface area contributed by atoms with Gasteiger partial charge < -0.3 is 9.64 Å². The van der Waals surface area contributed by atoms with Gasteiger partial charge in [0.05, 0.1) is 0 Å². The molecule has 1 fully saturated rings. The number of hydrogen-bond donors (Lipinski definition) is 2. The van der Waals surface area contributed by atoms with E-state index in [0.29, 0.717) is 30.6 Å². The molecule has 7 heteroatoms. The summed E-state index contributed by atoms with van der Waals surface area (Å²) in [6, 6.07) is 0. The molecule has 0 aromatic rings. The number of nitrogens with two attached hydrogens (primary N) is 1. The van der Waals surface area contributed by atoms with Gasteiger partial charge in [-0.2, -0.15) is 0 Å². The zero-order valence-corrected chi connectivity index (χ0v) is 10.5. The van der Waals surface area contributed by atoms with Gasteiger partial charge >= 0.3 is 0 Å². The van der Waals surface area contributed by atoms with Gasteiger partial charge in [0.15, 0.2) is 0 Å². The van der Waals surface area contributed by atoms with Crippen molar-refractivity contribution >= 4 is 16.8 Å². The fourth-order valence-corrected chi connectivity index (χ4v) is 2.53. The smallest absolute Gasteiger partial charge is 0.208 e. The third-order valence-corrected chi connectivity index (χ3v) is 3.65. The topological polar surface area (TPSA) is 80.0 Å². The molecule has 3 N–H and O–H groups in total. The number of guanidine groups is 1. The Morgan fingerprint density at radius 2 is 2.25 bits per heavy atom. The minimum Gasteiger partial charge on any atom is -0.385 e. The predicted molar refractivity (Wildman–Crippen MR) is 65.6 cm³/mol. The highest BCUT2D eigenvalue weighted by molar-refractivity contribution is 7.85. The van der Waals surface area contributed by atoms with Crippen molar-refractivity contribution in [3.05, 3.63) is 0 Å². The Kier molecular flexibility index (Phi) is 6.36. The molecule has 6 nitrogen and oxygen atoms in total. The fourth-order valence-electron chi connectivity index (χ4n) is 1.48. The van der Waals surface area contributed by atoms with Crippen molar-refractivity contribution in [1.82, 2.24) is 10.3 Å². The summed E-state index contributed by atoms with van der Waals surface area (Å²) in [7, 11) is 0.999. The first-order chi connectivity index (χ1) is 7.77. The minimum absolute atomic E-state index is 0.673. The van der Waals surface area contributed by atoms with E-state index in [2.05, 4.69) is 10.4 Å². The Balaban J connectivity index is 2.37. The number of ether oxygens (including phenoxy) is 1. The Morgan fingerprint density at radius 3 is 2.81 bits per heavy atom. The second-order valence-electron chi connectivity index (χ2n) is 3.53. The number of rotatable bonds is 4. The maximum absolute atomic E-state index is 11.2. The molecule has 0 unspecified atom stereocenters. The van der Waals surface area contributed by atoms with Crippen molar-refractivity contribution in [2.45, 2.75) is 6.42 Å². The summed E-state index contributed by atoms with van der Waals surface area (Å²) in [6.07, 6.45) is 0.876. The number of nitrogens with zero attached hydrogens (tertiary/aromatic N) is 2. The molecule has 0 aromatic carbocycles. The lowest BCUT2D eigenvalue weighted by molar-refractivity contribution is 0.197. The van der Waals surface area contributed by atoms with Gasteiger partial charge in [0.2, 0.25) is 5.96 Å². The molecule has 0 spiro atoms. The van der Waals surface area contributed by atoms with Crippen molar-refractivity contribution in [3.63, 3.8) is 0 Å². The van der Waals surface area contributed by atoms with E-state index >= 15 is 0 Å². The third kappa shape index (κ3) is 4.46. The molecule has 0 aliphatic carbocycles. The van der Waals surface area contributed by atoms with E-state index in [9.17, 15) is 4.21 Å². The van der Waals surface area contributed by atoms with Crippen LogP contribution in [0.1, 0.15) is 6.42 Å². The van der Waals surface area contributed by atoms with E-state index in [0.717, 1.165) is 19.5 Å². The summed E-state index contributed by atoms with van der Waals surface area (Å²) in [5.74, 6) is 7.50. The van der Waals surface area contributed by atoms with E-state index in [-0.39, 0.29) is 0 Å². The van der Waals surface area contributed by atoms with Crippen LogP contribution in [0.3, 0.4) is 0 Å². The number of nitrogens with one attached hydrogen (secondary N) is 1. The van der Waals surface area contributed by atoms with Gasteiger partial charge in [-0.05, 0) is 6.42 Å². The molecule has 1 aliphatic heterocycles. The van der Waals surface area contributed by atoms with Crippen molar-refractivity contribution < 1.29 is 8.95 Å². The maximum atomic E-state index is 11.2. The largest absolute Gasteiger partial charge is 0.385 e. The van der Waals surface area contributed by atoms with Gasteiger partial charge in [-0.3, -0.25) is 14.6 Å². The maximum Gasteiger partial charge on any atom is 0.208 e. The molecule has 1 saturated heterocycles. The molecule has 0 bridgehead atoms. The standard InChI is InChI=1S/C9H20N4O2S/c1-15-6-2-3-11-9(12-10)13-4-7-16(14)8-5-13/h2-8,10H2,1H3,(H,11,12). The van der Waals surface area contributed by atoms with E-state index < -0.39 is 10.8 Å². The summed E-state index contributed by atoms with van der Waals surface area (Å²) in [5.41, 5.74) is 2.60. The second kappa shape index (κ2) is 7.59. The summed E-state index contributed by atoms with van der Waals surface area (Å²) < 4.78 is 16.1. The highest BCUT2D eigenvalue weighted by Gasteiger charge is 2.17. The average molecular weight is 248 g/mol. The molecule has 94 valence electrons. The molecule has 1 heterocycles. The summed E-state index contributed by atoms with van der Waals surface area (Å²) >= 11 is 0. The van der Waals surface area contributed by atoms with E-state index in [1.54, 1.807) is 7.11 Å². The first kappa shape index (κ1) is 13.4. The number of aliphatic imine (C=N–C) groups is 1. The molecule has 0 aromatic heterocycles. The molecule has 0 amide bonds. The van der Waals surface area contributed by atoms with Crippen LogP contribution >= 0.6 is 0 Å². The van der Waals surface area contributed by atoms with Crippen molar-refractivity contribution in [1.29, 1.82) is 0 Å². The molecule has 1 rings (SSSR count). The van der Waals surface area contributed by atoms with Gasteiger partial charge in [-0.25, -0.2) is 5.84 Å². The molecule has 1 aliphatic rings. The fraction of sp³-hybridized carbons (Fsp3) is 0.889. The Labute approximate surface area is 98.7 Å². The molecule has 0 saturated carbocycles. The van der Waals surface area contributed by atoms with Crippen LogP contribution in [0, 0.1) is 0 Å². The van der Waals surface area contributed by atoms with Crippen LogP contribution in [-0.2, 0) is 15.5 Å². The van der Waals surface area contributed by atoms with Crippen molar-refractivity contribution in [3.8, 4) is 0 Å². The van der Waals surface area contributed by atoms with Crippen molar-refractivity contribution in [2.24, 2.45) is 10.8 Å². The van der Waals surface area contributed by atoms with E-state index in [1.807, 2.05) is 4.90 Å². The van der Waals surface area contributed by atoms with Gasteiger partial charge in [-0.15, -0.1) is 0 Å². The van der Waals surface area contributed by atoms with Crippen LogP contribution in [-0.4, -0.2) is 59.9 Å². The third-order valence-electron chi connectivity index (χ3n) is 2.37. The second-order valence-corrected chi connectivity index (χ2v) is 5.23. The molecular weight excluding hydrogens is 228 g/mol. The molecule has 0 atom stereocenters. The van der Waals surface area contributed by atoms with Crippen LogP contribution in [0.5, 0.6) is 0 Å². The number of hydrazine groups is 1. The SMILES string of the molecule is COCCCN=C(NN)N1CCS(=O)CC1. The van der Waals surface area contributed by atoms with Crippen molar-refractivity contribution in [2.75, 3.05) is 44.9 Å². The van der Waals surface area contributed by atoms with Gasteiger partial charge in [0.25, 0.3) is 0 Å². The average Bonchev–Trinajstić information content (AvgIpc) is 2.31. The number of hydrogen-bond acceptors (Lipinski definition) is 4. The van der Waals surface area contributed by atoms with E-state index in [1.165, 1.54) is 0 Å². The van der Waals surface area contributed by atoms with Crippen LogP contribution in [0.4, 0.5) is 0 Å². The van der Waals surface area contributed by atoms with E-state index in [4.69, 9.17) is 10.6 Å². The zero-order chi connectivity index (χ0) is 11.8. The highest BCUT2D eigenvalue weighted by atomic mass is 32.2. The molecule has 16 heavy (non-hydrogen) atoms. The Morgan fingerprint density at radius 1 is 1.56 bits per heavy atom. The first-order valence-corrected chi connectivity index (χ1v) is 6.86. The van der Waals surface area contributed by atoms with Crippen LogP contribution in [0.15, 0.2) is 4.99 Å². The first-order valence-electron chi connectivity index (χ1n) is 5.38. The zero-order valence-electron chi connectivity index (χ0n) is 9.65. The Hall–Kier alpha value is -0.660. The lowest BCUT2D eigenvalue weighted by Crippen LogP contribution is -2.50. The molecule has 0 radical (unpaired) electrons. The lowest BCUT2D eigenvalue weighted by Gasteiger charge is -2.28. The molecular formula is C9H20N4O2S. The summed E-state index contributed by atoms with van der Waals surface area (Å²) in [6.45, 7) is 2.89. The minimum atomic E-state index is -0.673. The van der Waals surface area contributed by atoms with Gasteiger partial charge in [0, 0.05) is 55.7 Å². The van der Waals surface area contributed by atoms with Gasteiger partial charge in [0.1, 0.15) is 0 Å². The Bertz CT molecular complexity index is 250. The van der Waals surface area contributed by atoms with Gasteiger partial charge in [-0.1, -0.05) is 0 Å². The normalized spacial score (nSPS) is 18.9. The highest BCUT2D eigenvalue weighted by Crippen LogP contribution is 2.00. The summed E-state index contributed by atoms with van der Waals surface area (Å²) in [4.78, 5) is 6.39. The number of methoxy groups -OCH3 is 1. The quantitative estimate of drug-likeness (QED) is 0.217. The predicted octanol–water partition coefficient (Wildman–Crippen LogP) is -1.09. The summed E-state index contributed by atoms with van der Waals surface area (Å²) in [5, 5.41) is 0. The van der Waals surface area contributed by atoms with Crippen LogP contribution in [0.2, 0.25) is 0 Å². The lowest BCUT2D eigenvalue weighted by atomic mass is 10.4.